The molecule has 3 nitrogen and oxygen atoms in total. The van der Waals surface area contributed by atoms with Crippen LogP contribution >= 0.6 is 0 Å². The number of unbranched alkanes of at least 4 members (excludes halogenated alkanes) is 5. The van der Waals surface area contributed by atoms with E-state index in [4.69, 9.17) is 0 Å². The number of hydrogen-bond acceptors (Lipinski definition) is 3. The summed E-state index contributed by atoms with van der Waals surface area (Å²) in [6.07, 6.45) is 7.86. The van der Waals surface area contributed by atoms with Crippen molar-refractivity contribution in [3.8, 4) is 0 Å². The zero-order valence-electron chi connectivity index (χ0n) is 17.4. The van der Waals surface area contributed by atoms with Crippen molar-refractivity contribution in [3.63, 3.8) is 0 Å². The zero-order valence-corrected chi connectivity index (χ0v) is 17.4. The third-order valence-corrected chi connectivity index (χ3v) is 5.77. The van der Waals surface area contributed by atoms with Gasteiger partial charge in [-0.2, -0.15) is 0 Å². The molecular formula is C24H34O3. The van der Waals surface area contributed by atoms with Crippen molar-refractivity contribution >= 4 is 17.3 Å². The second-order valence-corrected chi connectivity index (χ2v) is 8.28. The molecule has 0 radical (unpaired) electrons. The van der Waals surface area contributed by atoms with Gasteiger partial charge in [-0.05, 0) is 43.9 Å². The summed E-state index contributed by atoms with van der Waals surface area (Å²) in [4.78, 5) is 37.8. The van der Waals surface area contributed by atoms with Crippen LogP contribution in [0, 0.1) is 26.7 Å². The Morgan fingerprint density at radius 1 is 0.963 bits per heavy atom. The van der Waals surface area contributed by atoms with E-state index in [0.29, 0.717) is 6.42 Å². The Hall–Kier alpha value is -1.77. The molecule has 0 bridgehead atoms. The minimum atomic E-state index is -0.669. The van der Waals surface area contributed by atoms with Crippen LogP contribution in [-0.2, 0) is 14.4 Å². The quantitative estimate of drug-likeness (QED) is 0.400. The van der Waals surface area contributed by atoms with Crippen LogP contribution in [0.3, 0.4) is 0 Å². The monoisotopic (exact) mass is 370 g/mol. The standard InChI is InChI=1S/C24H34O3/c1-5-6-7-8-9-10-11-20(25)14-19-15-21(26)23(24(19)27)22-17(3)12-16(2)13-18(22)4/h12-13,19,23H,5-11,14-15H2,1-4H3. The summed E-state index contributed by atoms with van der Waals surface area (Å²) in [5.41, 5.74) is 4.00. The third kappa shape index (κ3) is 5.60. The highest BCUT2D eigenvalue weighted by molar-refractivity contribution is 6.15. The Morgan fingerprint density at radius 2 is 1.56 bits per heavy atom. The second kappa shape index (κ2) is 9.96. The van der Waals surface area contributed by atoms with Crippen LogP contribution in [0.15, 0.2) is 12.1 Å². The van der Waals surface area contributed by atoms with Gasteiger partial charge in [-0.25, -0.2) is 0 Å². The molecular weight excluding hydrogens is 336 g/mol. The Bertz CT molecular complexity index is 679. The maximum absolute atomic E-state index is 12.9. The third-order valence-electron chi connectivity index (χ3n) is 5.77. The number of rotatable bonds is 10. The lowest BCUT2D eigenvalue weighted by Crippen LogP contribution is -2.19. The normalized spacial score (nSPS) is 19.7. The smallest absolute Gasteiger partial charge is 0.151 e. The lowest BCUT2D eigenvalue weighted by atomic mass is 9.86. The van der Waals surface area contributed by atoms with Crippen molar-refractivity contribution in [2.24, 2.45) is 5.92 Å². The van der Waals surface area contributed by atoms with E-state index in [0.717, 1.165) is 35.1 Å². The molecule has 2 atom stereocenters. The van der Waals surface area contributed by atoms with Gasteiger partial charge < -0.3 is 0 Å². The Morgan fingerprint density at radius 3 is 2.19 bits per heavy atom. The van der Waals surface area contributed by atoms with E-state index in [1.54, 1.807) is 0 Å². The van der Waals surface area contributed by atoms with E-state index in [9.17, 15) is 14.4 Å². The summed E-state index contributed by atoms with van der Waals surface area (Å²) in [5.74, 6) is -1.03. The first-order valence-corrected chi connectivity index (χ1v) is 10.5. The highest BCUT2D eigenvalue weighted by Gasteiger charge is 2.43. The maximum Gasteiger partial charge on any atom is 0.151 e. The van der Waals surface area contributed by atoms with Crippen molar-refractivity contribution < 1.29 is 14.4 Å². The number of benzene rings is 1. The molecule has 2 unspecified atom stereocenters. The predicted octanol–water partition coefficient (Wildman–Crippen LogP) is 5.56. The Balaban J connectivity index is 1.93. The first kappa shape index (κ1) is 21.5. The van der Waals surface area contributed by atoms with Crippen molar-refractivity contribution in [3.05, 3.63) is 34.4 Å². The molecule has 1 aliphatic carbocycles. The van der Waals surface area contributed by atoms with Crippen LogP contribution in [0.1, 0.15) is 92.9 Å². The van der Waals surface area contributed by atoms with Gasteiger partial charge in [0.1, 0.15) is 17.5 Å². The summed E-state index contributed by atoms with van der Waals surface area (Å²) in [5, 5.41) is 0. The van der Waals surface area contributed by atoms with Crippen LogP contribution in [0.4, 0.5) is 0 Å². The maximum atomic E-state index is 12.9. The minimum absolute atomic E-state index is 0.0209. The fourth-order valence-electron chi connectivity index (χ4n) is 4.46. The lowest BCUT2D eigenvalue weighted by molar-refractivity contribution is -0.127. The van der Waals surface area contributed by atoms with Gasteiger partial charge in [-0.15, -0.1) is 0 Å². The molecule has 148 valence electrons. The van der Waals surface area contributed by atoms with E-state index in [1.807, 2.05) is 32.9 Å². The molecule has 1 aromatic carbocycles. The average molecular weight is 371 g/mol. The van der Waals surface area contributed by atoms with Gasteiger partial charge in [-0.3, -0.25) is 14.4 Å². The first-order chi connectivity index (χ1) is 12.8. The lowest BCUT2D eigenvalue weighted by Gasteiger charge is -2.16. The number of carbonyl (C=O) groups is 3. The van der Waals surface area contributed by atoms with Crippen LogP contribution in [0.5, 0.6) is 0 Å². The molecule has 0 N–H and O–H groups in total. The molecule has 0 saturated heterocycles. The van der Waals surface area contributed by atoms with E-state index in [-0.39, 0.29) is 30.2 Å². The van der Waals surface area contributed by atoms with Crippen molar-refractivity contribution in [1.82, 2.24) is 0 Å². The number of aryl methyl sites for hydroxylation is 3. The fraction of sp³-hybridized carbons (Fsp3) is 0.625. The molecule has 1 saturated carbocycles. The largest absolute Gasteiger partial charge is 0.300 e. The zero-order chi connectivity index (χ0) is 20.0. The number of ketones is 3. The molecule has 0 aliphatic heterocycles. The van der Waals surface area contributed by atoms with E-state index in [2.05, 4.69) is 6.92 Å². The van der Waals surface area contributed by atoms with E-state index < -0.39 is 11.8 Å². The molecule has 1 aromatic rings. The molecule has 27 heavy (non-hydrogen) atoms. The van der Waals surface area contributed by atoms with Crippen LogP contribution in [0.2, 0.25) is 0 Å². The molecule has 1 aliphatic rings. The summed E-state index contributed by atoms with van der Waals surface area (Å²) < 4.78 is 0. The average Bonchev–Trinajstić information content (AvgIpc) is 2.85. The Kier molecular flexibility index (Phi) is 7.94. The molecule has 0 spiro atoms. The van der Waals surface area contributed by atoms with Gasteiger partial charge in [-0.1, -0.05) is 56.7 Å². The van der Waals surface area contributed by atoms with Crippen LogP contribution in [0.25, 0.3) is 0 Å². The van der Waals surface area contributed by atoms with Crippen molar-refractivity contribution in [1.29, 1.82) is 0 Å². The SMILES string of the molecule is CCCCCCCCC(=O)CC1CC(=O)C(c2c(C)cc(C)cc2C)C1=O. The molecule has 0 amide bonds. The summed E-state index contributed by atoms with van der Waals surface area (Å²) in [7, 11) is 0. The topological polar surface area (TPSA) is 51.2 Å². The molecule has 1 fully saturated rings. The van der Waals surface area contributed by atoms with Gasteiger partial charge in [0.25, 0.3) is 0 Å². The Labute approximate surface area is 163 Å². The van der Waals surface area contributed by atoms with Crippen LogP contribution in [-0.4, -0.2) is 17.3 Å². The van der Waals surface area contributed by atoms with Gasteiger partial charge in [0.15, 0.2) is 5.78 Å². The molecule has 3 heteroatoms. The second-order valence-electron chi connectivity index (χ2n) is 8.28. The highest BCUT2D eigenvalue weighted by Crippen LogP contribution is 2.37. The van der Waals surface area contributed by atoms with Crippen LogP contribution < -0.4 is 0 Å². The predicted molar refractivity (Wildman–Crippen MR) is 109 cm³/mol. The number of Topliss-reactive ketones (excluding diaryl/α,β-unsaturated/α-hetero) is 3. The van der Waals surface area contributed by atoms with Crippen molar-refractivity contribution in [2.45, 2.75) is 91.4 Å². The van der Waals surface area contributed by atoms with Gasteiger partial charge in [0.05, 0.1) is 0 Å². The minimum Gasteiger partial charge on any atom is -0.300 e. The number of carbonyl (C=O) groups excluding carboxylic acids is 3. The van der Waals surface area contributed by atoms with E-state index in [1.165, 1.54) is 25.7 Å². The van der Waals surface area contributed by atoms with Gasteiger partial charge in [0.2, 0.25) is 0 Å². The van der Waals surface area contributed by atoms with Gasteiger partial charge >= 0.3 is 0 Å². The highest BCUT2D eigenvalue weighted by atomic mass is 16.2. The molecule has 2 rings (SSSR count). The summed E-state index contributed by atoms with van der Waals surface area (Å²) >= 11 is 0. The number of hydrogen-bond donors (Lipinski definition) is 0. The fourth-order valence-corrected chi connectivity index (χ4v) is 4.46. The van der Waals surface area contributed by atoms with Gasteiger partial charge in [0, 0.05) is 25.2 Å². The van der Waals surface area contributed by atoms with Crippen molar-refractivity contribution in [2.75, 3.05) is 0 Å². The molecule has 0 heterocycles. The summed E-state index contributed by atoms with van der Waals surface area (Å²) in [6.45, 7) is 8.14. The van der Waals surface area contributed by atoms with E-state index >= 15 is 0 Å². The molecule has 0 aromatic heterocycles. The first-order valence-electron chi connectivity index (χ1n) is 10.5. The summed E-state index contributed by atoms with van der Waals surface area (Å²) in [6, 6.07) is 4.06.